The highest BCUT2D eigenvalue weighted by Crippen LogP contribution is 2.14. The van der Waals surface area contributed by atoms with E-state index in [0.29, 0.717) is 19.3 Å². The van der Waals surface area contributed by atoms with Crippen LogP contribution in [-0.4, -0.2) is 19.4 Å². The maximum Gasteiger partial charge on any atom is 0.411 e. The summed E-state index contributed by atoms with van der Waals surface area (Å²) in [4.78, 5) is 0. The van der Waals surface area contributed by atoms with Crippen molar-refractivity contribution in [2.24, 2.45) is 0 Å². The Morgan fingerprint density at radius 1 is 1.25 bits per heavy atom. The minimum atomic E-state index is -4.24. The average molecular weight is 181 g/mol. The molecule has 0 rings (SSSR count). The van der Waals surface area contributed by atoms with E-state index in [0.717, 1.165) is 0 Å². The third kappa shape index (κ3) is 9.24. The number of halogens is 3. The van der Waals surface area contributed by atoms with Crippen LogP contribution in [0.15, 0.2) is 0 Å². The molecule has 0 spiro atoms. The molecule has 0 aromatic heterocycles. The summed E-state index contributed by atoms with van der Waals surface area (Å²) >= 11 is 0. The average Bonchev–Trinajstić information content (AvgIpc) is 1.94. The van der Waals surface area contributed by atoms with Crippen molar-refractivity contribution in [3.8, 4) is 6.07 Å². The number of hydrogen-bond donors (Lipinski definition) is 0. The number of unbranched alkanes of at least 4 members (excludes halogenated alkanes) is 2. The fourth-order valence-corrected chi connectivity index (χ4v) is 0.596. The Bertz CT molecular complexity index is 150. The molecule has 70 valence electrons. The number of rotatable bonds is 5. The maximum absolute atomic E-state index is 11.5. The second-order valence-corrected chi connectivity index (χ2v) is 2.28. The van der Waals surface area contributed by atoms with Crippen molar-refractivity contribution < 1.29 is 17.9 Å². The first-order valence-electron chi connectivity index (χ1n) is 3.58. The van der Waals surface area contributed by atoms with Gasteiger partial charge in [0.2, 0.25) is 0 Å². The van der Waals surface area contributed by atoms with Gasteiger partial charge >= 0.3 is 6.18 Å². The Balaban J connectivity index is 3.07. The van der Waals surface area contributed by atoms with E-state index in [1.807, 2.05) is 6.07 Å². The van der Waals surface area contributed by atoms with E-state index in [9.17, 15) is 13.2 Å². The summed E-state index contributed by atoms with van der Waals surface area (Å²) in [6.45, 7) is -1.12. The van der Waals surface area contributed by atoms with Crippen LogP contribution in [0.25, 0.3) is 0 Å². The molecule has 0 aliphatic heterocycles. The lowest BCUT2D eigenvalue weighted by molar-refractivity contribution is -0.174. The fraction of sp³-hybridized carbons (Fsp3) is 0.857. The van der Waals surface area contributed by atoms with Crippen molar-refractivity contribution in [2.75, 3.05) is 13.2 Å². The van der Waals surface area contributed by atoms with Gasteiger partial charge in [0.15, 0.2) is 0 Å². The maximum atomic E-state index is 11.5. The fourth-order valence-electron chi connectivity index (χ4n) is 0.596. The van der Waals surface area contributed by atoms with Gasteiger partial charge in [-0.15, -0.1) is 0 Å². The summed E-state index contributed by atoms with van der Waals surface area (Å²) in [5, 5.41) is 8.08. The molecule has 0 amide bonds. The van der Waals surface area contributed by atoms with E-state index in [1.165, 1.54) is 0 Å². The zero-order valence-corrected chi connectivity index (χ0v) is 6.52. The summed E-state index contributed by atoms with van der Waals surface area (Å²) in [5.74, 6) is 0. The summed E-state index contributed by atoms with van der Waals surface area (Å²) in [7, 11) is 0. The normalized spacial score (nSPS) is 11.2. The molecular weight excluding hydrogens is 171 g/mol. The lowest BCUT2D eigenvalue weighted by atomic mass is 10.3. The molecule has 2 nitrogen and oxygen atoms in total. The third-order valence-corrected chi connectivity index (χ3v) is 1.09. The van der Waals surface area contributed by atoms with Crippen LogP contribution in [0.3, 0.4) is 0 Å². The molecule has 0 unspecified atom stereocenters. The van der Waals surface area contributed by atoms with E-state index < -0.39 is 12.8 Å². The van der Waals surface area contributed by atoms with Crippen molar-refractivity contribution in [3.63, 3.8) is 0 Å². The smallest absolute Gasteiger partial charge is 0.372 e. The van der Waals surface area contributed by atoms with Crippen molar-refractivity contribution in [3.05, 3.63) is 0 Å². The van der Waals surface area contributed by atoms with Gasteiger partial charge in [-0.05, 0) is 12.8 Å². The Labute approximate surface area is 68.9 Å². The van der Waals surface area contributed by atoms with Gasteiger partial charge in [-0.2, -0.15) is 18.4 Å². The number of alkyl halides is 3. The molecule has 5 heteroatoms. The number of nitriles is 1. The van der Waals surface area contributed by atoms with Gasteiger partial charge in [0.05, 0.1) is 6.07 Å². The second-order valence-electron chi connectivity index (χ2n) is 2.28. The minimum absolute atomic E-state index is 0.0706. The quantitative estimate of drug-likeness (QED) is 0.609. The van der Waals surface area contributed by atoms with Gasteiger partial charge in [-0.25, -0.2) is 0 Å². The van der Waals surface area contributed by atoms with E-state index >= 15 is 0 Å². The highest BCUT2D eigenvalue weighted by Gasteiger charge is 2.26. The first-order valence-corrected chi connectivity index (χ1v) is 3.58. The van der Waals surface area contributed by atoms with Crippen molar-refractivity contribution in [1.82, 2.24) is 0 Å². The van der Waals surface area contributed by atoms with Crippen LogP contribution in [-0.2, 0) is 4.74 Å². The molecule has 0 bridgehead atoms. The van der Waals surface area contributed by atoms with E-state index in [4.69, 9.17) is 5.26 Å². The van der Waals surface area contributed by atoms with Gasteiger partial charge in [-0.1, -0.05) is 0 Å². The monoisotopic (exact) mass is 181 g/mol. The van der Waals surface area contributed by atoms with Crippen LogP contribution in [0.2, 0.25) is 0 Å². The lowest BCUT2D eigenvalue weighted by Gasteiger charge is -2.06. The molecule has 0 aliphatic rings. The molecule has 0 aromatic rings. The van der Waals surface area contributed by atoms with Crippen LogP contribution in [0, 0.1) is 11.3 Å². The molecule has 0 radical (unpaired) electrons. The van der Waals surface area contributed by atoms with E-state index in [1.54, 1.807) is 0 Å². The largest absolute Gasteiger partial charge is 0.411 e. The molecular formula is C7H10F3NO. The van der Waals surface area contributed by atoms with Gasteiger partial charge < -0.3 is 4.74 Å². The van der Waals surface area contributed by atoms with Crippen LogP contribution in [0.5, 0.6) is 0 Å². The molecule has 0 N–H and O–H groups in total. The number of hydrogen-bond acceptors (Lipinski definition) is 2. The predicted molar refractivity (Wildman–Crippen MR) is 36.3 cm³/mol. The summed E-state index contributed by atoms with van der Waals surface area (Å²) in [5.41, 5.74) is 0. The summed E-state index contributed by atoms with van der Waals surface area (Å²) in [6.07, 6.45) is -2.78. The minimum Gasteiger partial charge on any atom is -0.372 e. The Morgan fingerprint density at radius 2 is 1.92 bits per heavy atom. The molecule has 0 fully saturated rings. The van der Waals surface area contributed by atoms with Crippen LogP contribution in [0.1, 0.15) is 19.3 Å². The summed E-state index contributed by atoms with van der Waals surface area (Å²) in [6, 6.07) is 1.90. The Kier molecular flexibility index (Phi) is 5.47. The molecule has 0 saturated heterocycles. The molecule has 0 aromatic carbocycles. The molecule has 12 heavy (non-hydrogen) atoms. The summed E-state index contributed by atoms with van der Waals surface area (Å²) < 4.78 is 38.7. The first-order chi connectivity index (χ1) is 5.56. The van der Waals surface area contributed by atoms with E-state index in [2.05, 4.69) is 4.74 Å². The number of ether oxygens (including phenoxy) is 1. The van der Waals surface area contributed by atoms with Crippen molar-refractivity contribution >= 4 is 0 Å². The van der Waals surface area contributed by atoms with Crippen LogP contribution in [0.4, 0.5) is 13.2 Å². The lowest BCUT2D eigenvalue weighted by Crippen LogP contribution is -2.17. The zero-order chi connectivity index (χ0) is 9.45. The highest BCUT2D eigenvalue weighted by atomic mass is 19.4. The van der Waals surface area contributed by atoms with Gasteiger partial charge in [0.1, 0.15) is 6.61 Å². The Hall–Kier alpha value is -0.760. The van der Waals surface area contributed by atoms with Crippen molar-refractivity contribution in [1.29, 1.82) is 5.26 Å². The van der Waals surface area contributed by atoms with E-state index in [-0.39, 0.29) is 6.61 Å². The molecule has 0 aliphatic carbocycles. The topological polar surface area (TPSA) is 33.0 Å². The van der Waals surface area contributed by atoms with Gasteiger partial charge in [-0.3, -0.25) is 0 Å². The molecule has 0 heterocycles. The standard InChI is InChI=1S/C7H10F3NO/c8-7(9,10)6-12-5-3-1-2-4-11/h1-3,5-6H2. The van der Waals surface area contributed by atoms with Crippen LogP contribution < -0.4 is 0 Å². The van der Waals surface area contributed by atoms with Gasteiger partial charge in [0, 0.05) is 13.0 Å². The Morgan fingerprint density at radius 3 is 2.42 bits per heavy atom. The van der Waals surface area contributed by atoms with Crippen LogP contribution >= 0.6 is 0 Å². The second kappa shape index (κ2) is 5.84. The third-order valence-electron chi connectivity index (χ3n) is 1.09. The zero-order valence-electron chi connectivity index (χ0n) is 6.52. The SMILES string of the molecule is N#CCCCCOCC(F)(F)F. The molecule has 0 saturated carbocycles. The highest BCUT2D eigenvalue weighted by molar-refractivity contribution is 4.67. The predicted octanol–water partition coefficient (Wildman–Crippen LogP) is 2.26. The van der Waals surface area contributed by atoms with Crippen molar-refractivity contribution in [2.45, 2.75) is 25.4 Å². The number of nitrogens with zero attached hydrogens (tertiary/aromatic N) is 1. The van der Waals surface area contributed by atoms with Gasteiger partial charge in [0.25, 0.3) is 0 Å². The first kappa shape index (κ1) is 11.2. The molecule has 0 atom stereocenters.